The zero-order valence-electron chi connectivity index (χ0n) is 7.28. The van der Waals surface area contributed by atoms with Gasteiger partial charge in [-0.2, -0.15) is 0 Å². The third kappa shape index (κ3) is 5.38. The van der Waals surface area contributed by atoms with Crippen molar-refractivity contribution in [2.75, 3.05) is 0 Å². The maximum absolute atomic E-state index is 10.7. The first kappa shape index (κ1) is 13.9. The van der Waals surface area contributed by atoms with Gasteiger partial charge in [-0.25, -0.2) is 0 Å². The van der Waals surface area contributed by atoms with Crippen LogP contribution >= 0.6 is 15.8 Å². The molecule has 0 aliphatic heterocycles. The molecule has 9 heteroatoms. The van der Waals surface area contributed by atoms with E-state index in [2.05, 4.69) is 0 Å². The fourth-order valence-corrected chi connectivity index (χ4v) is 1.36. The van der Waals surface area contributed by atoms with Gasteiger partial charge < -0.3 is 0 Å². The van der Waals surface area contributed by atoms with E-state index in [4.69, 9.17) is 10.8 Å². The van der Waals surface area contributed by atoms with E-state index < -0.39 is 40.2 Å². The number of rotatable bonds is 4. The molecule has 0 aromatic heterocycles. The van der Waals surface area contributed by atoms with Crippen LogP contribution in [0, 0.1) is 11.5 Å². The number of carboxylic acids is 1. The minimum atomic E-state index is -1.41. The molecular formula is C6H6N2O5P2. The predicted octanol–water partition coefficient (Wildman–Crippen LogP) is 0.0338. The van der Waals surface area contributed by atoms with Crippen LogP contribution in [-0.4, -0.2) is 27.9 Å². The van der Waals surface area contributed by atoms with Crippen LogP contribution in [0.2, 0.25) is 0 Å². The summed E-state index contributed by atoms with van der Waals surface area (Å²) in [7, 11) is -1.24. The summed E-state index contributed by atoms with van der Waals surface area (Å²) < 4.78 is 20.4. The van der Waals surface area contributed by atoms with Gasteiger partial charge in [0.05, 0.1) is 0 Å². The van der Waals surface area contributed by atoms with Crippen LogP contribution in [0.15, 0.2) is 0 Å². The summed E-state index contributed by atoms with van der Waals surface area (Å²) in [6, 6.07) is -1.41. The fourth-order valence-electron chi connectivity index (χ4n) is 0.729. The second-order valence-corrected chi connectivity index (χ2v) is 3.04. The van der Waals surface area contributed by atoms with E-state index in [0.717, 1.165) is 0 Å². The number of carbonyl (C=O) groups excluding carboxylic acids is 1. The second-order valence-electron chi connectivity index (χ2n) is 2.28. The monoisotopic (exact) mass is 248 g/mol. The molecule has 0 fully saturated rings. The molecule has 0 saturated heterocycles. The van der Waals surface area contributed by atoms with Crippen molar-refractivity contribution < 1.29 is 23.8 Å². The molecule has 0 aromatic carbocycles. The summed E-state index contributed by atoms with van der Waals surface area (Å²) in [5.41, 5.74) is 4.82. The summed E-state index contributed by atoms with van der Waals surface area (Å²) in [4.78, 5) is 21.9. The van der Waals surface area contributed by atoms with E-state index in [1.165, 1.54) is 0 Å². The van der Waals surface area contributed by atoms with Gasteiger partial charge in [0.2, 0.25) is 0 Å². The first-order chi connectivity index (χ1) is 7.02. The molecule has 0 aromatic rings. The Labute approximate surface area is 86.9 Å². The van der Waals surface area contributed by atoms with Crippen LogP contribution in [0.3, 0.4) is 0 Å². The Bertz CT molecular complexity index is 436. The maximum atomic E-state index is 10.7. The number of nitrogens with two attached hydrogens (primary N) is 1. The SMILES string of the molecule is NC(=O)C[C@@H](C(=O)O)N(C#P=O)C#P=O. The van der Waals surface area contributed by atoms with E-state index in [1.807, 2.05) is 11.5 Å². The first-order valence-electron chi connectivity index (χ1n) is 3.49. The van der Waals surface area contributed by atoms with E-state index >= 15 is 0 Å². The van der Waals surface area contributed by atoms with Gasteiger partial charge in [-0.05, 0) is 0 Å². The molecule has 0 bridgehead atoms. The Hall–Kier alpha value is -1.08. The fraction of sp³-hybridized carbons (Fsp3) is 0.333. The summed E-state index contributed by atoms with van der Waals surface area (Å²) in [5, 5.41) is 8.71. The topological polar surface area (TPSA) is 118 Å². The van der Waals surface area contributed by atoms with Crippen molar-refractivity contribution in [3.05, 3.63) is 0 Å². The van der Waals surface area contributed by atoms with Crippen LogP contribution in [0.25, 0.3) is 0 Å². The quantitative estimate of drug-likeness (QED) is 0.535. The second kappa shape index (κ2) is 7.24. The summed E-state index contributed by atoms with van der Waals surface area (Å²) in [6.45, 7) is 0. The number of carbonyl (C=O) groups is 2. The molecule has 0 spiro atoms. The Balaban J connectivity index is 5.11. The van der Waals surface area contributed by atoms with Crippen molar-refractivity contribution in [2.45, 2.75) is 12.5 Å². The van der Waals surface area contributed by atoms with Gasteiger partial charge in [0.25, 0.3) is 0 Å². The van der Waals surface area contributed by atoms with Gasteiger partial charge in [-0.3, -0.25) is 0 Å². The van der Waals surface area contributed by atoms with Crippen molar-refractivity contribution in [2.24, 2.45) is 5.73 Å². The third-order valence-corrected chi connectivity index (χ3v) is 1.88. The van der Waals surface area contributed by atoms with Crippen LogP contribution in [0.5, 0.6) is 0 Å². The van der Waals surface area contributed by atoms with Gasteiger partial charge in [0.15, 0.2) is 0 Å². The van der Waals surface area contributed by atoms with Crippen molar-refractivity contribution in [3.8, 4) is 11.5 Å². The van der Waals surface area contributed by atoms with Gasteiger partial charge in [0, 0.05) is 0 Å². The summed E-state index contributed by atoms with van der Waals surface area (Å²) in [6.07, 6.45) is -0.527. The molecule has 0 radical (unpaired) electrons. The van der Waals surface area contributed by atoms with E-state index in [0.29, 0.717) is 4.90 Å². The van der Waals surface area contributed by atoms with Gasteiger partial charge >= 0.3 is 86.1 Å². The van der Waals surface area contributed by atoms with Crippen molar-refractivity contribution >= 4 is 27.7 Å². The molecule has 0 aliphatic rings. The van der Waals surface area contributed by atoms with Gasteiger partial charge in [-0.1, -0.05) is 0 Å². The normalized spacial score (nSPS) is 11.0. The number of primary amides is 1. The molecule has 0 rings (SSSR count). The molecule has 7 nitrogen and oxygen atoms in total. The number of aliphatic carboxylic acids is 1. The van der Waals surface area contributed by atoms with E-state index in [9.17, 15) is 18.7 Å². The average molecular weight is 248 g/mol. The number of amides is 1. The Morgan fingerprint density at radius 2 is 1.80 bits per heavy atom. The molecule has 1 atom stereocenters. The number of hydrogen-bond acceptors (Lipinski definition) is 5. The molecule has 1 amide bonds. The summed E-state index contributed by atoms with van der Waals surface area (Å²) in [5.74, 6) is 1.78. The summed E-state index contributed by atoms with van der Waals surface area (Å²) >= 11 is 0. The molecule has 0 saturated carbocycles. The van der Waals surface area contributed by atoms with Crippen molar-refractivity contribution in [1.82, 2.24) is 4.90 Å². The van der Waals surface area contributed by atoms with Crippen LogP contribution < -0.4 is 5.73 Å². The minimum absolute atomic E-state index is 0.527. The molecular weight excluding hydrogens is 242 g/mol. The molecule has 0 unspecified atom stereocenters. The number of nitrogens with zero attached hydrogens (tertiary/aromatic N) is 1. The van der Waals surface area contributed by atoms with Gasteiger partial charge in [0.1, 0.15) is 0 Å². The predicted molar refractivity (Wildman–Crippen MR) is 50.1 cm³/mol. The number of carboxylic acid groups (broad SMARTS) is 1. The van der Waals surface area contributed by atoms with Crippen LogP contribution in [0.4, 0.5) is 0 Å². The average Bonchev–Trinajstić information content (AvgIpc) is 2.13. The Morgan fingerprint density at radius 1 is 1.33 bits per heavy atom. The van der Waals surface area contributed by atoms with Gasteiger partial charge in [-0.15, -0.1) is 0 Å². The third-order valence-electron chi connectivity index (χ3n) is 1.29. The van der Waals surface area contributed by atoms with Crippen molar-refractivity contribution in [1.29, 1.82) is 0 Å². The molecule has 0 heterocycles. The Kier molecular flexibility index (Phi) is 6.72. The zero-order chi connectivity index (χ0) is 11.8. The molecule has 0 aliphatic carbocycles. The molecule has 3 N–H and O–H groups in total. The first-order valence-corrected chi connectivity index (χ1v) is 5.11. The number of hydrogen-bond donors (Lipinski definition) is 2. The molecule has 80 valence electrons. The van der Waals surface area contributed by atoms with E-state index in [-0.39, 0.29) is 0 Å². The zero-order valence-corrected chi connectivity index (χ0v) is 9.07. The van der Waals surface area contributed by atoms with Crippen molar-refractivity contribution in [3.63, 3.8) is 0 Å². The van der Waals surface area contributed by atoms with Crippen LogP contribution in [-0.2, 0) is 18.7 Å². The van der Waals surface area contributed by atoms with Crippen LogP contribution in [0.1, 0.15) is 6.42 Å². The Morgan fingerprint density at radius 3 is 2.07 bits per heavy atom. The van der Waals surface area contributed by atoms with E-state index in [1.54, 1.807) is 0 Å². The molecule has 15 heavy (non-hydrogen) atoms. The standard InChI is InChI=1S/C6H6N2O5P2/c7-5(9)1-4(6(10)11)8(2-14-12)3-15-13/h4H,1H2,(H2,7,9)(H,10,11)/t4-/m0/s1.